The number of amides is 1. The number of hydrogen-bond acceptors (Lipinski definition) is 4. The van der Waals surface area contributed by atoms with E-state index < -0.39 is 0 Å². The van der Waals surface area contributed by atoms with Gasteiger partial charge in [-0.1, -0.05) is 18.2 Å². The molecular weight excluding hydrogens is 368 g/mol. The highest BCUT2D eigenvalue weighted by molar-refractivity contribution is 9.11. The topological polar surface area (TPSA) is 55.1 Å². The maximum atomic E-state index is 12.2. The molecule has 1 amide bonds. The second-order valence-electron chi connectivity index (χ2n) is 4.55. The summed E-state index contributed by atoms with van der Waals surface area (Å²) in [5.41, 5.74) is 6.65. The lowest BCUT2D eigenvalue weighted by Crippen LogP contribution is -2.25. The molecule has 0 unspecified atom stereocenters. The molecule has 0 radical (unpaired) electrons. The van der Waals surface area contributed by atoms with Crippen molar-refractivity contribution >= 4 is 60.3 Å². The smallest absolute Gasteiger partial charge is 0.263 e. The molecule has 0 saturated carbocycles. The number of nitrogen functional groups attached to an aromatic ring is 1. The maximum absolute atomic E-state index is 12.2. The second kappa shape index (κ2) is 6.17. The zero-order chi connectivity index (χ0) is 14.8. The number of rotatable bonds is 4. The highest BCUT2D eigenvalue weighted by atomic mass is 79.9. The third-order valence-corrected chi connectivity index (χ3v) is 5.99. The van der Waals surface area contributed by atoms with Gasteiger partial charge in [0.25, 0.3) is 5.91 Å². The molecule has 0 saturated heterocycles. The van der Waals surface area contributed by atoms with Gasteiger partial charge in [0.05, 0.1) is 9.47 Å². The van der Waals surface area contributed by atoms with E-state index in [9.17, 15) is 4.79 Å². The minimum absolute atomic E-state index is 0.0932. The van der Waals surface area contributed by atoms with E-state index >= 15 is 0 Å². The van der Waals surface area contributed by atoms with Gasteiger partial charge in [-0.3, -0.25) is 4.79 Å². The van der Waals surface area contributed by atoms with Gasteiger partial charge in [0, 0.05) is 21.5 Å². The van der Waals surface area contributed by atoms with Crippen LogP contribution in [0.3, 0.4) is 0 Å². The van der Waals surface area contributed by atoms with Crippen molar-refractivity contribution < 1.29 is 4.79 Å². The van der Waals surface area contributed by atoms with E-state index in [1.165, 1.54) is 16.2 Å². The third-order valence-electron chi connectivity index (χ3n) is 3.13. The van der Waals surface area contributed by atoms with Crippen molar-refractivity contribution in [2.24, 2.45) is 0 Å². The van der Waals surface area contributed by atoms with E-state index in [2.05, 4.69) is 27.3 Å². The SMILES string of the molecule is Nc1c(C(=O)NCCc2ccc(Br)s2)sc2ccccc12. The second-order valence-corrected chi connectivity index (χ2v) is 8.15. The van der Waals surface area contributed by atoms with E-state index in [-0.39, 0.29) is 5.91 Å². The fourth-order valence-corrected chi connectivity index (χ4v) is 4.62. The van der Waals surface area contributed by atoms with E-state index in [0.29, 0.717) is 17.1 Å². The minimum Gasteiger partial charge on any atom is -0.397 e. The highest BCUT2D eigenvalue weighted by Crippen LogP contribution is 2.33. The van der Waals surface area contributed by atoms with Crippen LogP contribution in [0.25, 0.3) is 10.1 Å². The Bertz CT molecular complexity index is 794. The number of nitrogens with one attached hydrogen (secondary N) is 1. The van der Waals surface area contributed by atoms with Crippen LogP contribution >= 0.6 is 38.6 Å². The summed E-state index contributed by atoms with van der Waals surface area (Å²) in [5, 5.41) is 3.89. The summed E-state index contributed by atoms with van der Waals surface area (Å²) in [6.45, 7) is 0.611. The van der Waals surface area contributed by atoms with Crippen LogP contribution in [0.15, 0.2) is 40.2 Å². The fraction of sp³-hybridized carbons (Fsp3) is 0.133. The van der Waals surface area contributed by atoms with Crippen LogP contribution in [-0.2, 0) is 6.42 Å². The predicted molar refractivity (Wildman–Crippen MR) is 94.3 cm³/mol. The molecule has 108 valence electrons. The molecule has 0 spiro atoms. The van der Waals surface area contributed by atoms with Crippen molar-refractivity contribution in [3.05, 3.63) is 49.9 Å². The quantitative estimate of drug-likeness (QED) is 0.709. The first-order valence-electron chi connectivity index (χ1n) is 6.44. The van der Waals surface area contributed by atoms with E-state index in [4.69, 9.17) is 5.73 Å². The van der Waals surface area contributed by atoms with Crippen molar-refractivity contribution in [2.45, 2.75) is 6.42 Å². The first-order chi connectivity index (χ1) is 10.1. The van der Waals surface area contributed by atoms with Crippen LogP contribution in [0.4, 0.5) is 5.69 Å². The lowest BCUT2D eigenvalue weighted by molar-refractivity contribution is 0.0959. The lowest BCUT2D eigenvalue weighted by atomic mass is 10.2. The van der Waals surface area contributed by atoms with Gasteiger partial charge in [0.15, 0.2) is 0 Å². The van der Waals surface area contributed by atoms with Crippen LogP contribution < -0.4 is 11.1 Å². The van der Waals surface area contributed by atoms with Crippen LogP contribution in [0.5, 0.6) is 0 Å². The van der Waals surface area contributed by atoms with E-state index in [1.807, 2.05) is 30.3 Å². The molecule has 1 aromatic carbocycles. The van der Waals surface area contributed by atoms with Gasteiger partial charge in [0.2, 0.25) is 0 Å². The van der Waals surface area contributed by atoms with Crippen LogP contribution in [0, 0.1) is 0 Å². The summed E-state index contributed by atoms with van der Waals surface area (Å²) in [5.74, 6) is -0.0932. The molecule has 2 aromatic heterocycles. The first-order valence-corrected chi connectivity index (χ1v) is 8.87. The summed E-state index contributed by atoms with van der Waals surface area (Å²) < 4.78 is 2.15. The Morgan fingerprint density at radius 2 is 2.00 bits per heavy atom. The predicted octanol–water partition coefficient (Wildman–Crippen LogP) is 4.28. The molecular formula is C15H13BrN2OS2. The molecule has 3 aromatic rings. The summed E-state index contributed by atoms with van der Waals surface area (Å²) in [7, 11) is 0. The van der Waals surface area contributed by atoms with Crippen molar-refractivity contribution in [3.63, 3.8) is 0 Å². The minimum atomic E-state index is -0.0932. The molecule has 3 N–H and O–H groups in total. The van der Waals surface area contributed by atoms with Gasteiger partial charge in [-0.2, -0.15) is 0 Å². The molecule has 0 aliphatic carbocycles. The van der Waals surface area contributed by atoms with Gasteiger partial charge >= 0.3 is 0 Å². The molecule has 2 heterocycles. The van der Waals surface area contributed by atoms with Gasteiger partial charge < -0.3 is 11.1 Å². The number of fused-ring (bicyclic) bond motifs is 1. The number of carbonyl (C=O) groups excluding carboxylic acids is 1. The van der Waals surface area contributed by atoms with Crippen molar-refractivity contribution in [2.75, 3.05) is 12.3 Å². The maximum Gasteiger partial charge on any atom is 0.263 e. The fourth-order valence-electron chi connectivity index (χ4n) is 2.10. The molecule has 6 heteroatoms. The summed E-state index contributed by atoms with van der Waals surface area (Å²) >= 11 is 6.56. The zero-order valence-corrected chi connectivity index (χ0v) is 14.3. The Morgan fingerprint density at radius 1 is 1.19 bits per heavy atom. The Kier molecular flexibility index (Phi) is 4.28. The van der Waals surface area contributed by atoms with Crippen LogP contribution in [-0.4, -0.2) is 12.5 Å². The highest BCUT2D eigenvalue weighted by Gasteiger charge is 2.15. The molecule has 21 heavy (non-hydrogen) atoms. The Balaban J connectivity index is 1.68. The number of benzene rings is 1. The Morgan fingerprint density at radius 3 is 2.71 bits per heavy atom. The molecule has 0 fully saturated rings. The van der Waals surface area contributed by atoms with Gasteiger partial charge in [-0.15, -0.1) is 22.7 Å². The molecule has 0 aliphatic heterocycles. The summed E-state index contributed by atoms with van der Waals surface area (Å²) in [4.78, 5) is 14.1. The van der Waals surface area contributed by atoms with Crippen LogP contribution in [0.2, 0.25) is 0 Å². The van der Waals surface area contributed by atoms with Gasteiger partial charge in [-0.05, 0) is 40.5 Å². The van der Waals surface area contributed by atoms with Crippen LogP contribution in [0.1, 0.15) is 14.5 Å². The third kappa shape index (κ3) is 3.12. The molecule has 3 rings (SSSR count). The number of carbonyl (C=O) groups is 1. The normalized spacial score (nSPS) is 10.9. The molecule has 3 nitrogen and oxygen atoms in total. The number of thiophene rings is 2. The van der Waals surface area contributed by atoms with Crippen molar-refractivity contribution in [3.8, 4) is 0 Å². The number of nitrogens with two attached hydrogens (primary N) is 1. The zero-order valence-electron chi connectivity index (χ0n) is 11.1. The average Bonchev–Trinajstić information content (AvgIpc) is 3.03. The number of anilines is 1. The van der Waals surface area contributed by atoms with Crippen molar-refractivity contribution in [1.82, 2.24) is 5.32 Å². The lowest BCUT2D eigenvalue weighted by Gasteiger charge is -2.03. The average molecular weight is 381 g/mol. The monoisotopic (exact) mass is 380 g/mol. The molecule has 0 aliphatic rings. The van der Waals surface area contributed by atoms with E-state index in [0.717, 1.165) is 20.3 Å². The number of halogens is 1. The Hall–Kier alpha value is -1.37. The Labute approximate surface area is 138 Å². The van der Waals surface area contributed by atoms with Gasteiger partial charge in [0.1, 0.15) is 4.88 Å². The van der Waals surface area contributed by atoms with E-state index in [1.54, 1.807) is 11.3 Å². The largest absolute Gasteiger partial charge is 0.397 e. The number of hydrogen-bond donors (Lipinski definition) is 2. The standard InChI is InChI=1S/C15H13BrN2OS2/c16-12-6-5-9(20-12)7-8-18-15(19)14-13(17)10-3-1-2-4-11(10)21-14/h1-6H,7-8,17H2,(H,18,19). The molecule has 0 bridgehead atoms. The molecule has 0 atom stereocenters. The summed E-state index contributed by atoms with van der Waals surface area (Å²) in [6.07, 6.45) is 0.826. The summed E-state index contributed by atoms with van der Waals surface area (Å²) in [6, 6.07) is 11.9. The first kappa shape index (κ1) is 14.6. The van der Waals surface area contributed by atoms with Gasteiger partial charge in [-0.25, -0.2) is 0 Å². The van der Waals surface area contributed by atoms with Crippen molar-refractivity contribution in [1.29, 1.82) is 0 Å².